The highest BCUT2D eigenvalue weighted by molar-refractivity contribution is 8.06. The van der Waals surface area contributed by atoms with Gasteiger partial charge >= 0.3 is 0 Å². The largest absolute Gasteiger partial charge is 0.383 e. The van der Waals surface area contributed by atoms with Crippen molar-refractivity contribution in [3.8, 4) is 0 Å². The van der Waals surface area contributed by atoms with Gasteiger partial charge in [0.1, 0.15) is 11.6 Å². The number of nitrogens with one attached hydrogen (secondary N) is 1. The molecule has 17 heavy (non-hydrogen) atoms. The van der Waals surface area contributed by atoms with Gasteiger partial charge in [-0.25, -0.2) is 4.98 Å². The number of aromatic amines is 1. The predicted octanol–water partition coefficient (Wildman–Crippen LogP) is 1.83. The maximum atomic E-state index is 11.9. The molecule has 0 aromatic carbocycles. The summed E-state index contributed by atoms with van der Waals surface area (Å²) in [5.41, 5.74) is 6.43. The molecule has 1 fully saturated rings. The van der Waals surface area contributed by atoms with Gasteiger partial charge in [-0.2, -0.15) is 11.8 Å². The normalized spacial score (nSPS) is 20.4. The Kier molecular flexibility index (Phi) is 4.39. The quantitative estimate of drug-likeness (QED) is 0.877. The Morgan fingerprint density at radius 2 is 2.35 bits per heavy atom. The third-order valence-corrected chi connectivity index (χ3v) is 5.45. The number of hydrogen-bond donors (Lipinski definition) is 2. The molecule has 4 nitrogen and oxygen atoms in total. The molecular formula is C11H17N3OS2. The molecule has 1 aromatic heterocycles. The smallest absolute Gasteiger partial charge is 0.256 e. The molecule has 0 aliphatic carbocycles. The molecule has 1 aliphatic rings. The van der Waals surface area contributed by atoms with Gasteiger partial charge in [0.15, 0.2) is 0 Å². The van der Waals surface area contributed by atoms with Crippen LogP contribution in [0.5, 0.6) is 0 Å². The number of nitrogens with two attached hydrogens (primary N) is 1. The van der Waals surface area contributed by atoms with Crippen LogP contribution in [0.2, 0.25) is 0 Å². The molecule has 1 unspecified atom stereocenters. The highest BCUT2D eigenvalue weighted by atomic mass is 32.2. The number of nitrogen functional groups attached to an aromatic ring is 1. The van der Waals surface area contributed by atoms with E-state index in [1.807, 2.05) is 30.4 Å². The molecule has 1 atom stereocenters. The van der Waals surface area contributed by atoms with Crippen LogP contribution in [0.4, 0.5) is 5.82 Å². The van der Waals surface area contributed by atoms with Crippen molar-refractivity contribution in [1.29, 1.82) is 0 Å². The van der Waals surface area contributed by atoms with Gasteiger partial charge in [0.25, 0.3) is 5.56 Å². The Balaban J connectivity index is 2.27. The van der Waals surface area contributed by atoms with Crippen LogP contribution in [0.3, 0.4) is 0 Å². The van der Waals surface area contributed by atoms with Crippen molar-refractivity contribution in [3.63, 3.8) is 0 Å². The van der Waals surface area contributed by atoms with E-state index in [9.17, 15) is 4.79 Å². The summed E-state index contributed by atoms with van der Waals surface area (Å²) in [5, 5.41) is 0.277. The first-order valence-electron chi connectivity index (χ1n) is 5.80. The fraction of sp³-hybridized carbons (Fsp3) is 0.636. The number of anilines is 1. The SMILES string of the molecule is CCCc1c(N)nc(C2CSCCS2)[nH]c1=O. The fourth-order valence-corrected chi connectivity index (χ4v) is 4.45. The molecular weight excluding hydrogens is 254 g/mol. The molecule has 0 saturated carbocycles. The van der Waals surface area contributed by atoms with Gasteiger partial charge in [-0.05, 0) is 6.42 Å². The molecule has 6 heteroatoms. The van der Waals surface area contributed by atoms with Crippen LogP contribution in [0.1, 0.15) is 30.0 Å². The second-order valence-electron chi connectivity index (χ2n) is 4.00. The highest BCUT2D eigenvalue weighted by Crippen LogP contribution is 2.34. The monoisotopic (exact) mass is 271 g/mol. The summed E-state index contributed by atoms with van der Waals surface area (Å²) in [7, 11) is 0. The Hall–Kier alpha value is -0.620. The number of hydrogen-bond acceptors (Lipinski definition) is 5. The van der Waals surface area contributed by atoms with Gasteiger partial charge in [0, 0.05) is 17.3 Å². The highest BCUT2D eigenvalue weighted by Gasteiger charge is 2.20. The van der Waals surface area contributed by atoms with Crippen LogP contribution in [0, 0.1) is 0 Å². The molecule has 2 heterocycles. The summed E-state index contributed by atoms with van der Waals surface area (Å²) in [4.78, 5) is 19.2. The van der Waals surface area contributed by atoms with Gasteiger partial charge in [-0.15, -0.1) is 11.8 Å². The van der Waals surface area contributed by atoms with Crippen molar-refractivity contribution in [2.45, 2.75) is 25.0 Å². The first-order valence-corrected chi connectivity index (χ1v) is 8.00. The first kappa shape index (κ1) is 12.8. The second kappa shape index (κ2) is 5.82. The molecule has 1 saturated heterocycles. The summed E-state index contributed by atoms with van der Waals surface area (Å²) >= 11 is 3.74. The zero-order valence-corrected chi connectivity index (χ0v) is 11.5. The van der Waals surface area contributed by atoms with Crippen LogP contribution in [0.15, 0.2) is 4.79 Å². The zero-order valence-electron chi connectivity index (χ0n) is 9.86. The Bertz CT molecular complexity index is 441. The van der Waals surface area contributed by atoms with Crippen molar-refractivity contribution in [1.82, 2.24) is 9.97 Å². The number of aromatic nitrogens is 2. The van der Waals surface area contributed by atoms with Crippen LogP contribution in [0.25, 0.3) is 0 Å². The number of rotatable bonds is 3. The van der Waals surface area contributed by atoms with Crippen LogP contribution in [-0.2, 0) is 6.42 Å². The van der Waals surface area contributed by atoms with Crippen molar-refractivity contribution >= 4 is 29.3 Å². The van der Waals surface area contributed by atoms with Crippen molar-refractivity contribution in [2.75, 3.05) is 23.0 Å². The third-order valence-electron chi connectivity index (χ3n) is 2.69. The summed E-state index contributed by atoms with van der Waals surface area (Å²) < 4.78 is 0. The van der Waals surface area contributed by atoms with E-state index in [0.29, 0.717) is 17.8 Å². The maximum absolute atomic E-state index is 11.9. The minimum absolute atomic E-state index is 0.0643. The fourth-order valence-electron chi connectivity index (χ4n) is 1.82. The summed E-state index contributed by atoms with van der Waals surface area (Å²) in [6, 6.07) is 0. The second-order valence-corrected chi connectivity index (χ2v) is 6.46. The lowest BCUT2D eigenvalue weighted by atomic mass is 10.2. The average Bonchev–Trinajstić information content (AvgIpc) is 2.35. The summed E-state index contributed by atoms with van der Waals surface area (Å²) in [6.45, 7) is 2.03. The molecule has 0 radical (unpaired) electrons. The first-order chi connectivity index (χ1) is 8.22. The third kappa shape index (κ3) is 2.98. The van der Waals surface area contributed by atoms with Gasteiger partial charge in [-0.3, -0.25) is 4.79 Å². The number of thioether (sulfide) groups is 2. The van der Waals surface area contributed by atoms with Gasteiger partial charge in [0.2, 0.25) is 0 Å². The number of nitrogens with zero attached hydrogens (tertiary/aromatic N) is 1. The molecule has 1 aromatic rings. The Labute approximate surface area is 109 Å². The van der Waals surface area contributed by atoms with E-state index in [0.717, 1.165) is 23.8 Å². The van der Waals surface area contributed by atoms with E-state index in [-0.39, 0.29) is 10.8 Å². The van der Waals surface area contributed by atoms with Crippen LogP contribution >= 0.6 is 23.5 Å². The minimum atomic E-state index is -0.0643. The maximum Gasteiger partial charge on any atom is 0.256 e. The molecule has 0 amide bonds. The topological polar surface area (TPSA) is 71.8 Å². The van der Waals surface area contributed by atoms with Crippen molar-refractivity contribution in [2.24, 2.45) is 0 Å². The zero-order chi connectivity index (χ0) is 12.3. The Morgan fingerprint density at radius 3 is 2.94 bits per heavy atom. The lowest BCUT2D eigenvalue weighted by Crippen LogP contribution is -2.22. The van der Waals surface area contributed by atoms with E-state index in [1.165, 1.54) is 5.75 Å². The molecule has 3 N–H and O–H groups in total. The summed E-state index contributed by atoms with van der Waals surface area (Å²) in [6.07, 6.45) is 1.60. The molecule has 0 bridgehead atoms. The van der Waals surface area contributed by atoms with E-state index >= 15 is 0 Å². The lowest BCUT2D eigenvalue weighted by Gasteiger charge is -2.20. The lowest BCUT2D eigenvalue weighted by molar-refractivity contribution is 0.849. The van der Waals surface area contributed by atoms with E-state index in [1.54, 1.807) is 0 Å². The van der Waals surface area contributed by atoms with Crippen LogP contribution < -0.4 is 11.3 Å². The average molecular weight is 271 g/mol. The van der Waals surface area contributed by atoms with Crippen LogP contribution in [-0.4, -0.2) is 27.2 Å². The van der Waals surface area contributed by atoms with Crippen molar-refractivity contribution in [3.05, 3.63) is 21.7 Å². The van der Waals surface area contributed by atoms with E-state index in [2.05, 4.69) is 9.97 Å². The van der Waals surface area contributed by atoms with Gasteiger partial charge in [-0.1, -0.05) is 13.3 Å². The molecule has 0 spiro atoms. The summed E-state index contributed by atoms with van der Waals surface area (Å²) in [5.74, 6) is 4.43. The number of H-pyrrole nitrogens is 1. The van der Waals surface area contributed by atoms with E-state index < -0.39 is 0 Å². The van der Waals surface area contributed by atoms with Gasteiger partial charge < -0.3 is 10.7 Å². The standard InChI is InChI=1S/C11H17N3OS2/c1-2-3-7-9(12)13-10(14-11(7)15)8-6-16-4-5-17-8/h8H,2-6H2,1H3,(H3,12,13,14,15). The molecule has 1 aliphatic heterocycles. The molecule has 2 rings (SSSR count). The Morgan fingerprint density at radius 1 is 1.53 bits per heavy atom. The minimum Gasteiger partial charge on any atom is -0.383 e. The predicted molar refractivity (Wildman–Crippen MR) is 75.8 cm³/mol. The van der Waals surface area contributed by atoms with E-state index in [4.69, 9.17) is 5.73 Å². The van der Waals surface area contributed by atoms with Gasteiger partial charge in [0.05, 0.1) is 10.8 Å². The van der Waals surface area contributed by atoms with Crippen molar-refractivity contribution < 1.29 is 0 Å². The molecule has 94 valence electrons.